The zero-order chi connectivity index (χ0) is 14.8. The van der Waals surface area contributed by atoms with Gasteiger partial charge >= 0.3 is 0 Å². The van der Waals surface area contributed by atoms with E-state index >= 15 is 0 Å². The summed E-state index contributed by atoms with van der Waals surface area (Å²) in [5.41, 5.74) is 1.43. The molecule has 0 aliphatic carbocycles. The largest absolute Gasteiger partial charge is 0.346 e. The highest BCUT2D eigenvalue weighted by atomic mass is 32.2. The van der Waals surface area contributed by atoms with Crippen LogP contribution in [-0.4, -0.2) is 31.4 Å². The number of hydrogen-bond donors (Lipinski definition) is 1. The molecule has 1 aromatic carbocycles. The van der Waals surface area contributed by atoms with Crippen molar-refractivity contribution in [3.05, 3.63) is 41.5 Å². The molecule has 20 heavy (non-hydrogen) atoms. The zero-order valence-electron chi connectivity index (χ0n) is 11.7. The number of aryl methyl sites for hydroxylation is 1. The van der Waals surface area contributed by atoms with Crippen LogP contribution >= 0.6 is 0 Å². The van der Waals surface area contributed by atoms with Gasteiger partial charge in [-0.2, -0.15) is 0 Å². The lowest BCUT2D eigenvalue weighted by atomic mass is 10.0. The Balaban J connectivity index is 2.00. The molecule has 1 aromatic rings. The number of carbonyl (C=O) groups is 1. The number of sulfone groups is 1. The van der Waals surface area contributed by atoms with Crippen LogP contribution in [0.2, 0.25) is 0 Å². The normalized spacial score (nSPS) is 24.9. The Bertz CT molecular complexity index is 649. The van der Waals surface area contributed by atoms with Crippen molar-refractivity contribution in [1.82, 2.24) is 5.32 Å². The lowest BCUT2D eigenvalue weighted by Crippen LogP contribution is -2.46. The Kier molecular flexibility index (Phi) is 3.99. The van der Waals surface area contributed by atoms with Crippen LogP contribution in [0.5, 0.6) is 0 Å². The highest BCUT2D eigenvalue weighted by Gasteiger charge is 2.38. The Morgan fingerprint density at radius 2 is 2.15 bits per heavy atom. The van der Waals surface area contributed by atoms with Crippen LogP contribution in [0.3, 0.4) is 0 Å². The number of amides is 1. The van der Waals surface area contributed by atoms with Crippen molar-refractivity contribution in [1.29, 1.82) is 0 Å². The second-order valence-corrected chi connectivity index (χ2v) is 7.82. The van der Waals surface area contributed by atoms with Crippen molar-refractivity contribution in [2.24, 2.45) is 0 Å². The molecule has 1 unspecified atom stereocenters. The number of nitrogens with one attached hydrogen (secondary N) is 1. The molecule has 1 aliphatic heterocycles. The molecule has 0 saturated carbocycles. The lowest BCUT2D eigenvalue weighted by Gasteiger charge is -2.22. The summed E-state index contributed by atoms with van der Waals surface area (Å²) in [6, 6.07) is 7.81. The molecule has 0 spiro atoms. The Morgan fingerprint density at radius 1 is 1.40 bits per heavy atom. The smallest absolute Gasteiger partial charge is 0.244 e. The van der Waals surface area contributed by atoms with E-state index in [9.17, 15) is 13.2 Å². The fraction of sp³-hybridized carbons (Fsp3) is 0.400. The Labute approximate surface area is 119 Å². The van der Waals surface area contributed by atoms with Crippen molar-refractivity contribution in [2.75, 3.05) is 11.5 Å². The Hall–Kier alpha value is -1.62. The van der Waals surface area contributed by atoms with Crippen molar-refractivity contribution in [3.8, 4) is 0 Å². The zero-order valence-corrected chi connectivity index (χ0v) is 12.5. The van der Waals surface area contributed by atoms with Gasteiger partial charge in [-0.15, -0.1) is 0 Å². The Morgan fingerprint density at radius 3 is 2.75 bits per heavy atom. The lowest BCUT2D eigenvalue weighted by molar-refractivity contribution is -0.117. The van der Waals surface area contributed by atoms with Crippen LogP contribution in [0.25, 0.3) is 6.08 Å². The van der Waals surface area contributed by atoms with Gasteiger partial charge in [-0.05, 0) is 31.9 Å². The van der Waals surface area contributed by atoms with Gasteiger partial charge in [0.2, 0.25) is 5.91 Å². The molecule has 1 saturated heterocycles. The third kappa shape index (κ3) is 3.93. The van der Waals surface area contributed by atoms with Crippen LogP contribution in [0.15, 0.2) is 30.3 Å². The standard InChI is InChI=1S/C15H19NO3S/c1-12-4-3-5-13(10-12)6-7-14(17)16-15(2)8-9-20(18,19)11-15/h3-7,10H,8-9,11H2,1-2H3,(H,16,17). The fourth-order valence-corrected chi connectivity index (χ4v) is 4.49. The van der Waals surface area contributed by atoms with E-state index < -0.39 is 15.4 Å². The molecule has 1 amide bonds. The highest BCUT2D eigenvalue weighted by molar-refractivity contribution is 7.91. The van der Waals surface area contributed by atoms with Crippen LogP contribution < -0.4 is 5.32 Å². The van der Waals surface area contributed by atoms with Crippen molar-refractivity contribution in [3.63, 3.8) is 0 Å². The summed E-state index contributed by atoms with van der Waals surface area (Å²) in [5.74, 6) is -0.0961. The summed E-state index contributed by atoms with van der Waals surface area (Å²) in [7, 11) is -3.01. The average Bonchev–Trinajstić information content (AvgIpc) is 2.61. The molecule has 2 rings (SSSR count). The summed E-state index contributed by atoms with van der Waals surface area (Å²) in [6.45, 7) is 3.76. The molecule has 4 nitrogen and oxygen atoms in total. The third-order valence-electron chi connectivity index (χ3n) is 3.40. The summed E-state index contributed by atoms with van der Waals surface area (Å²) in [5, 5.41) is 2.79. The minimum atomic E-state index is -3.01. The molecular weight excluding hydrogens is 274 g/mol. The molecule has 1 N–H and O–H groups in total. The summed E-state index contributed by atoms with van der Waals surface area (Å²) >= 11 is 0. The topological polar surface area (TPSA) is 63.2 Å². The van der Waals surface area contributed by atoms with Crippen molar-refractivity contribution < 1.29 is 13.2 Å². The maximum Gasteiger partial charge on any atom is 0.244 e. The molecule has 1 aliphatic rings. The van der Waals surface area contributed by atoms with Gasteiger partial charge < -0.3 is 5.32 Å². The molecule has 0 aromatic heterocycles. The van der Waals surface area contributed by atoms with Gasteiger partial charge in [-0.3, -0.25) is 4.79 Å². The summed E-state index contributed by atoms with van der Waals surface area (Å²) in [6.07, 6.45) is 3.65. The number of hydrogen-bond acceptors (Lipinski definition) is 3. The minimum Gasteiger partial charge on any atom is -0.346 e. The van der Waals surface area contributed by atoms with Crippen molar-refractivity contribution in [2.45, 2.75) is 25.8 Å². The second-order valence-electron chi connectivity index (χ2n) is 5.64. The SMILES string of the molecule is Cc1cccc(C=CC(=O)NC2(C)CCS(=O)(=O)C2)c1. The van der Waals surface area contributed by atoms with Gasteiger partial charge in [0.05, 0.1) is 17.0 Å². The first kappa shape index (κ1) is 14.8. The van der Waals surface area contributed by atoms with E-state index in [1.54, 1.807) is 13.0 Å². The van der Waals surface area contributed by atoms with E-state index in [0.717, 1.165) is 11.1 Å². The maximum absolute atomic E-state index is 11.9. The van der Waals surface area contributed by atoms with Gasteiger partial charge in [0.25, 0.3) is 0 Å². The highest BCUT2D eigenvalue weighted by Crippen LogP contribution is 2.22. The molecule has 1 heterocycles. The van der Waals surface area contributed by atoms with Gasteiger partial charge in [0.1, 0.15) is 0 Å². The minimum absolute atomic E-state index is 0.0179. The van der Waals surface area contributed by atoms with Gasteiger partial charge in [0.15, 0.2) is 9.84 Å². The fourth-order valence-electron chi connectivity index (χ4n) is 2.39. The van der Waals surface area contributed by atoms with Crippen LogP contribution in [-0.2, 0) is 14.6 Å². The molecule has 108 valence electrons. The molecule has 5 heteroatoms. The van der Waals surface area contributed by atoms with Gasteiger partial charge in [0, 0.05) is 6.08 Å². The predicted molar refractivity (Wildman–Crippen MR) is 80.0 cm³/mol. The van der Waals surface area contributed by atoms with E-state index in [1.165, 1.54) is 6.08 Å². The monoisotopic (exact) mass is 293 g/mol. The molecule has 0 radical (unpaired) electrons. The number of rotatable bonds is 3. The quantitative estimate of drug-likeness (QED) is 0.863. The predicted octanol–water partition coefficient (Wildman–Crippen LogP) is 1.70. The van der Waals surface area contributed by atoms with E-state index in [-0.39, 0.29) is 17.4 Å². The van der Waals surface area contributed by atoms with Gasteiger partial charge in [-0.25, -0.2) is 8.42 Å². The molecule has 1 atom stereocenters. The third-order valence-corrected chi connectivity index (χ3v) is 5.30. The second kappa shape index (κ2) is 5.40. The van der Waals surface area contributed by atoms with Crippen LogP contribution in [0.1, 0.15) is 24.5 Å². The van der Waals surface area contributed by atoms with Crippen LogP contribution in [0.4, 0.5) is 0 Å². The molecule has 0 bridgehead atoms. The molecular formula is C15H19NO3S. The number of carbonyl (C=O) groups excluding carboxylic acids is 1. The van der Waals surface area contributed by atoms with Crippen LogP contribution in [0, 0.1) is 6.92 Å². The van der Waals surface area contributed by atoms with E-state index in [1.807, 2.05) is 31.2 Å². The molecule has 1 fully saturated rings. The first-order valence-electron chi connectivity index (χ1n) is 6.55. The van der Waals surface area contributed by atoms with Gasteiger partial charge in [-0.1, -0.05) is 29.8 Å². The average molecular weight is 293 g/mol. The van der Waals surface area contributed by atoms with Crippen molar-refractivity contribution >= 4 is 21.8 Å². The van der Waals surface area contributed by atoms with E-state index in [0.29, 0.717) is 6.42 Å². The summed E-state index contributed by atoms with van der Waals surface area (Å²) < 4.78 is 23.0. The number of benzene rings is 1. The first-order valence-corrected chi connectivity index (χ1v) is 8.38. The maximum atomic E-state index is 11.9. The first-order chi connectivity index (χ1) is 9.28. The summed E-state index contributed by atoms with van der Waals surface area (Å²) in [4.78, 5) is 11.9. The van der Waals surface area contributed by atoms with E-state index in [2.05, 4.69) is 5.32 Å². The van der Waals surface area contributed by atoms with E-state index in [4.69, 9.17) is 0 Å².